The average molecular weight is 603 g/mol. The van der Waals surface area contributed by atoms with E-state index in [0.717, 1.165) is 10.5 Å². The standard InChI is InChI=1S/C29H36FN3O6SSi/c1-18(39-41(3,4)5)25-26-22(14-30)23(17-40-21-10-12-32(13-11-21)15-24(31)34)27(33(26)28(25)35)29(36)38-16-19-6-8-20(37-2)9-7-19/h6-13,18,22,25-26H,14-17H2,1-5H3,(H-,31,34)/p+1/t18-,22+,25-,26-/m1/s1. The molecule has 0 unspecified atom stereocenters. The molecule has 2 N–H and O–H groups in total. The zero-order valence-corrected chi connectivity index (χ0v) is 25.8. The number of pyridine rings is 1. The number of esters is 1. The van der Waals surface area contributed by atoms with Crippen molar-refractivity contribution in [1.82, 2.24) is 4.90 Å². The Hall–Kier alpha value is -3.22. The molecule has 2 aliphatic rings. The molecule has 2 aromatic rings. The van der Waals surface area contributed by atoms with Crippen molar-refractivity contribution in [3.63, 3.8) is 0 Å². The maximum absolute atomic E-state index is 14.7. The highest BCUT2D eigenvalue weighted by Gasteiger charge is 2.61. The third-order valence-electron chi connectivity index (χ3n) is 7.12. The molecule has 1 aromatic carbocycles. The number of amides is 2. The number of halogens is 1. The van der Waals surface area contributed by atoms with Gasteiger partial charge in [-0.05, 0) is 49.8 Å². The van der Waals surface area contributed by atoms with Gasteiger partial charge >= 0.3 is 5.97 Å². The molecular formula is C29H37FN3O6SSi+. The van der Waals surface area contributed by atoms with Crippen molar-refractivity contribution in [2.75, 3.05) is 19.5 Å². The van der Waals surface area contributed by atoms with Gasteiger partial charge in [-0.15, -0.1) is 11.8 Å². The molecule has 2 aliphatic heterocycles. The number of primary amides is 1. The maximum Gasteiger partial charge on any atom is 0.355 e. The van der Waals surface area contributed by atoms with E-state index in [1.165, 1.54) is 16.7 Å². The van der Waals surface area contributed by atoms with Gasteiger partial charge in [0.15, 0.2) is 20.7 Å². The van der Waals surface area contributed by atoms with Crippen molar-refractivity contribution in [2.24, 2.45) is 17.6 Å². The van der Waals surface area contributed by atoms with Crippen molar-refractivity contribution in [2.45, 2.75) is 56.8 Å². The molecule has 4 atom stereocenters. The molecule has 4 rings (SSSR count). The summed E-state index contributed by atoms with van der Waals surface area (Å²) in [7, 11) is -0.403. The lowest BCUT2D eigenvalue weighted by Gasteiger charge is -2.48. The third-order valence-corrected chi connectivity index (χ3v) is 9.26. The van der Waals surface area contributed by atoms with E-state index in [9.17, 15) is 18.8 Å². The number of hydrogen-bond donors (Lipinski definition) is 1. The van der Waals surface area contributed by atoms with Gasteiger partial charge in [-0.25, -0.2) is 4.79 Å². The molecule has 0 radical (unpaired) electrons. The fraction of sp³-hybridized carbons (Fsp3) is 0.448. The largest absolute Gasteiger partial charge is 0.497 e. The van der Waals surface area contributed by atoms with Crippen LogP contribution in [0.5, 0.6) is 5.75 Å². The molecule has 12 heteroatoms. The van der Waals surface area contributed by atoms with E-state index in [2.05, 4.69) is 0 Å². The Balaban J connectivity index is 1.58. The number of alkyl halides is 1. The molecule has 9 nitrogen and oxygen atoms in total. The number of nitrogens with two attached hydrogens (primary N) is 1. The second-order valence-electron chi connectivity index (χ2n) is 11.2. The molecule has 2 amide bonds. The molecule has 0 spiro atoms. The zero-order valence-electron chi connectivity index (χ0n) is 24.0. The number of carbonyl (C=O) groups excluding carboxylic acids is 3. The van der Waals surface area contributed by atoms with Crippen LogP contribution < -0.4 is 15.0 Å². The predicted molar refractivity (Wildman–Crippen MR) is 154 cm³/mol. The molecule has 41 heavy (non-hydrogen) atoms. The van der Waals surface area contributed by atoms with Gasteiger partial charge in [0.25, 0.3) is 5.91 Å². The van der Waals surface area contributed by atoms with Crippen LogP contribution in [0.15, 0.2) is 65.0 Å². The number of carbonyl (C=O) groups is 3. The summed E-state index contributed by atoms with van der Waals surface area (Å²) in [5, 5.41) is 0. The van der Waals surface area contributed by atoms with Crippen molar-refractivity contribution in [3.8, 4) is 5.75 Å². The van der Waals surface area contributed by atoms with Crippen LogP contribution >= 0.6 is 11.8 Å². The fourth-order valence-electron chi connectivity index (χ4n) is 5.38. The smallest absolute Gasteiger partial charge is 0.355 e. The summed E-state index contributed by atoms with van der Waals surface area (Å²) in [6.45, 7) is 7.32. The Morgan fingerprint density at radius 3 is 2.37 bits per heavy atom. The summed E-state index contributed by atoms with van der Waals surface area (Å²) in [5.74, 6) is -1.58. The number of fused-ring (bicyclic) bond motifs is 1. The lowest BCUT2D eigenvalue weighted by Crippen LogP contribution is -2.65. The van der Waals surface area contributed by atoms with E-state index in [1.807, 2.05) is 38.7 Å². The predicted octanol–water partition coefficient (Wildman–Crippen LogP) is 3.22. The minimum atomic E-state index is -1.97. The highest BCUT2D eigenvalue weighted by atomic mass is 32.2. The lowest BCUT2D eigenvalue weighted by atomic mass is 9.77. The van der Waals surface area contributed by atoms with E-state index in [-0.39, 0.29) is 30.5 Å². The highest BCUT2D eigenvalue weighted by Crippen LogP contribution is 2.49. The first-order chi connectivity index (χ1) is 19.4. The Morgan fingerprint density at radius 1 is 1.15 bits per heavy atom. The number of β-lactam (4-membered cyclic amide) rings is 1. The number of aromatic nitrogens is 1. The van der Waals surface area contributed by atoms with Crippen LogP contribution in [0.1, 0.15) is 12.5 Å². The quantitative estimate of drug-likeness (QED) is 0.123. The summed E-state index contributed by atoms with van der Waals surface area (Å²) in [5.41, 5.74) is 6.70. The monoisotopic (exact) mass is 602 g/mol. The van der Waals surface area contributed by atoms with E-state index < -0.39 is 50.9 Å². The van der Waals surface area contributed by atoms with Crippen molar-refractivity contribution in [3.05, 3.63) is 65.6 Å². The van der Waals surface area contributed by atoms with E-state index in [4.69, 9.17) is 19.6 Å². The second kappa shape index (κ2) is 12.7. The molecule has 1 aromatic heterocycles. The van der Waals surface area contributed by atoms with Gasteiger partial charge in [-0.2, -0.15) is 4.57 Å². The Kier molecular flexibility index (Phi) is 9.55. The molecule has 0 aliphatic carbocycles. The minimum Gasteiger partial charge on any atom is -0.497 e. The number of methoxy groups -OCH3 is 1. The van der Waals surface area contributed by atoms with Gasteiger partial charge in [-0.3, -0.25) is 14.0 Å². The SMILES string of the molecule is COc1ccc(COC(=O)C2=C(CSc3cc[n+](CC(N)=O)cc3)[C@H](CF)[C@@H]3[C@@H]([C@@H](C)O[Si](C)(C)C)C(=O)N23)cc1. The van der Waals surface area contributed by atoms with Crippen LogP contribution in [0.3, 0.4) is 0 Å². The first-order valence-corrected chi connectivity index (χ1v) is 17.8. The van der Waals surface area contributed by atoms with Crippen LogP contribution in [0, 0.1) is 11.8 Å². The van der Waals surface area contributed by atoms with Gasteiger partial charge < -0.3 is 24.5 Å². The van der Waals surface area contributed by atoms with Gasteiger partial charge in [0.2, 0.25) is 12.5 Å². The maximum atomic E-state index is 14.7. The topological polar surface area (TPSA) is 112 Å². The average Bonchev–Trinajstić information content (AvgIpc) is 3.19. The first-order valence-electron chi connectivity index (χ1n) is 13.4. The number of benzene rings is 1. The zero-order chi connectivity index (χ0) is 29.9. The van der Waals surface area contributed by atoms with Crippen molar-refractivity contribution < 1.29 is 37.2 Å². The number of nitrogens with zero attached hydrogens (tertiary/aromatic N) is 2. The van der Waals surface area contributed by atoms with Crippen LogP contribution in [-0.4, -0.2) is 62.7 Å². The van der Waals surface area contributed by atoms with E-state index in [1.54, 1.807) is 48.3 Å². The summed E-state index contributed by atoms with van der Waals surface area (Å²) >= 11 is 1.42. The molecule has 3 heterocycles. The normalized spacial score (nSPS) is 20.9. The molecule has 0 saturated carbocycles. The van der Waals surface area contributed by atoms with Gasteiger partial charge in [0.1, 0.15) is 18.1 Å². The number of hydrogen-bond acceptors (Lipinski definition) is 7. The molecule has 220 valence electrons. The van der Waals surface area contributed by atoms with Crippen LogP contribution in [0.25, 0.3) is 0 Å². The first kappa shape index (κ1) is 30.7. The van der Waals surface area contributed by atoms with Gasteiger partial charge in [-0.1, -0.05) is 12.1 Å². The van der Waals surface area contributed by atoms with Crippen LogP contribution in [0.2, 0.25) is 19.6 Å². The summed E-state index contributed by atoms with van der Waals surface area (Å²) in [6, 6.07) is 10.3. The van der Waals surface area contributed by atoms with Gasteiger partial charge in [0.05, 0.1) is 31.8 Å². The highest BCUT2D eigenvalue weighted by molar-refractivity contribution is 7.99. The van der Waals surface area contributed by atoms with Crippen molar-refractivity contribution in [1.29, 1.82) is 0 Å². The number of ether oxygens (including phenoxy) is 2. The summed E-state index contributed by atoms with van der Waals surface area (Å²) < 4.78 is 33.5. The Morgan fingerprint density at radius 2 is 1.80 bits per heavy atom. The Labute approximate surface area is 245 Å². The summed E-state index contributed by atoms with van der Waals surface area (Å²) in [6.07, 6.45) is 3.06. The Bertz CT molecular complexity index is 1320. The van der Waals surface area contributed by atoms with Crippen LogP contribution in [0.4, 0.5) is 4.39 Å². The fourth-order valence-corrected chi connectivity index (χ4v) is 7.63. The van der Waals surface area contributed by atoms with Gasteiger partial charge in [0, 0.05) is 28.7 Å². The second-order valence-corrected chi connectivity index (χ2v) is 16.7. The minimum absolute atomic E-state index is 0.00312. The lowest BCUT2D eigenvalue weighted by molar-refractivity contribution is -0.684. The molecule has 1 saturated heterocycles. The molecule has 1 fully saturated rings. The van der Waals surface area contributed by atoms with Crippen LogP contribution in [-0.2, 0) is 36.7 Å². The molecule has 0 bridgehead atoms. The van der Waals surface area contributed by atoms with Crippen molar-refractivity contribution >= 4 is 37.9 Å². The summed E-state index contributed by atoms with van der Waals surface area (Å²) in [4.78, 5) is 40.5. The molecular weight excluding hydrogens is 565 g/mol. The third kappa shape index (κ3) is 6.99. The van der Waals surface area contributed by atoms with E-state index in [0.29, 0.717) is 11.3 Å². The van der Waals surface area contributed by atoms with E-state index >= 15 is 0 Å². The number of rotatable bonds is 13. The number of thioether (sulfide) groups is 1.